The van der Waals surface area contributed by atoms with Crippen molar-refractivity contribution in [2.75, 3.05) is 11.9 Å². The number of anilines is 1. The summed E-state index contributed by atoms with van der Waals surface area (Å²) in [5, 5.41) is 22.7. The van der Waals surface area contributed by atoms with Crippen LogP contribution >= 0.6 is 15.9 Å². The van der Waals surface area contributed by atoms with Gasteiger partial charge in [-0.1, -0.05) is 26.0 Å². The number of rotatable bonds is 7. The summed E-state index contributed by atoms with van der Waals surface area (Å²) in [5.74, 6) is 0.507. The predicted octanol–water partition coefficient (Wildman–Crippen LogP) is 4.94. The van der Waals surface area contributed by atoms with Gasteiger partial charge in [-0.05, 0) is 51.7 Å². The Labute approximate surface area is 170 Å². The molecule has 2 aromatic carbocycles. The van der Waals surface area contributed by atoms with Crippen LogP contribution in [-0.2, 0) is 4.79 Å². The molecule has 8 heteroatoms. The van der Waals surface area contributed by atoms with Gasteiger partial charge in [-0.15, -0.1) is 0 Å². The lowest BCUT2D eigenvalue weighted by molar-refractivity contribution is -0.384. The number of nitrogens with one attached hydrogen (secondary N) is 1. The molecule has 2 aromatic rings. The van der Waals surface area contributed by atoms with Crippen LogP contribution < -0.4 is 10.1 Å². The molecule has 0 heterocycles. The van der Waals surface area contributed by atoms with Crippen molar-refractivity contribution in [3.8, 4) is 11.8 Å². The molecule has 0 fully saturated rings. The van der Waals surface area contributed by atoms with Crippen LogP contribution in [0.1, 0.15) is 19.4 Å². The van der Waals surface area contributed by atoms with E-state index in [2.05, 4.69) is 35.1 Å². The molecule has 144 valence electrons. The number of amides is 1. The first-order chi connectivity index (χ1) is 13.3. The first-order valence-corrected chi connectivity index (χ1v) is 9.19. The van der Waals surface area contributed by atoms with Gasteiger partial charge in [0.05, 0.1) is 17.2 Å². The second-order valence-corrected chi connectivity index (χ2v) is 7.17. The van der Waals surface area contributed by atoms with E-state index >= 15 is 0 Å². The fraction of sp³-hybridized carbons (Fsp3) is 0.200. The van der Waals surface area contributed by atoms with E-state index in [-0.39, 0.29) is 11.3 Å². The van der Waals surface area contributed by atoms with Crippen LogP contribution in [0.3, 0.4) is 0 Å². The minimum atomic E-state index is -0.614. The fourth-order valence-electron chi connectivity index (χ4n) is 2.15. The second kappa shape index (κ2) is 9.67. The number of non-ortho nitro benzene ring substituents is 1. The van der Waals surface area contributed by atoms with E-state index in [0.29, 0.717) is 34.0 Å². The number of nitrogens with zero attached hydrogens (tertiary/aromatic N) is 2. The second-order valence-electron chi connectivity index (χ2n) is 6.32. The number of ether oxygens (including phenoxy) is 1. The van der Waals surface area contributed by atoms with Crippen molar-refractivity contribution in [1.82, 2.24) is 0 Å². The summed E-state index contributed by atoms with van der Waals surface area (Å²) in [7, 11) is 0. The van der Waals surface area contributed by atoms with Gasteiger partial charge in [0.1, 0.15) is 17.4 Å². The average Bonchev–Trinajstić information content (AvgIpc) is 2.66. The number of nitriles is 1. The highest BCUT2D eigenvalue weighted by Crippen LogP contribution is 2.27. The van der Waals surface area contributed by atoms with Gasteiger partial charge in [-0.2, -0.15) is 5.26 Å². The van der Waals surface area contributed by atoms with Gasteiger partial charge in [0.2, 0.25) is 0 Å². The molecule has 0 spiro atoms. The summed E-state index contributed by atoms with van der Waals surface area (Å²) in [6, 6.07) is 12.9. The van der Waals surface area contributed by atoms with Gasteiger partial charge in [-0.25, -0.2) is 0 Å². The zero-order valence-corrected chi connectivity index (χ0v) is 16.9. The van der Waals surface area contributed by atoms with Crippen molar-refractivity contribution in [3.63, 3.8) is 0 Å². The Morgan fingerprint density at radius 1 is 1.32 bits per heavy atom. The fourth-order valence-corrected chi connectivity index (χ4v) is 2.61. The van der Waals surface area contributed by atoms with Crippen LogP contribution in [0.2, 0.25) is 0 Å². The number of benzene rings is 2. The highest BCUT2D eigenvalue weighted by Gasteiger charge is 2.14. The SMILES string of the molecule is CC(C)COc1ccc(C=C(C#N)C(=O)Nc2ccc([N+](=O)[O-])cc2Br)cc1. The Kier molecular flexibility index (Phi) is 7.29. The molecule has 0 saturated carbocycles. The molecule has 0 atom stereocenters. The van der Waals surface area contributed by atoms with E-state index in [0.717, 1.165) is 0 Å². The quantitative estimate of drug-likeness (QED) is 0.282. The molecular formula is C20H18BrN3O4. The minimum Gasteiger partial charge on any atom is -0.493 e. The van der Waals surface area contributed by atoms with Crippen molar-refractivity contribution in [2.24, 2.45) is 5.92 Å². The molecule has 0 saturated heterocycles. The molecule has 0 radical (unpaired) electrons. The van der Waals surface area contributed by atoms with Crippen molar-refractivity contribution in [3.05, 3.63) is 68.2 Å². The minimum absolute atomic E-state index is 0.0962. The lowest BCUT2D eigenvalue weighted by Gasteiger charge is -2.09. The Morgan fingerprint density at radius 2 is 2.00 bits per heavy atom. The Hall–Kier alpha value is -3.18. The van der Waals surface area contributed by atoms with E-state index < -0.39 is 10.8 Å². The molecule has 1 amide bonds. The van der Waals surface area contributed by atoms with Gasteiger partial charge < -0.3 is 10.1 Å². The van der Waals surface area contributed by atoms with E-state index in [1.807, 2.05) is 6.07 Å². The molecule has 0 aliphatic heterocycles. The molecule has 7 nitrogen and oxygen atoms in total. The molecule has 0 aromatic heterocycles. The van der Waals surface area contributed by atoms with E-state index in [9.17, 15) is 20.2 Å². The molecule has 0 aliphatic rings. The lowest BCUT2D eigenvalue weighted by Crippen LogP contribution is -2.13. The first kappa shape index (κ1) is 21.1. The largest absolute Gasteiger partial charge is 0.493 e. The highest BCUT2D eigenvalue weighted by atomic mass is 79.9. The molecule has 0 unspecified atom stereocenters. The predicted molar refractivity (Wildman–Crippen MR) is 110 cm³/mol. The van der Waals surface area contributed by atoms with Crippen molar-refractivity contribution < 1.29 is 14.5 Å². The third-order valence-corrected chi connectivity index (χ3v) is 4.21. The lowest BCUT2D eigenvalue weighted by atomic mass is 10.1. The number of carbonyl (C=O) groups is 1. The summed E-state index contributed by atoms with van der Waals surface area (Å²) in [6.45, 7) is 4.71. The number of halogens is 1. The molecular weight excluding hydrogens is 426 g/mol. The number of carbonyl (C=O) groups excluding carboxylic acids is 1. The van der Waals surface area contributed by atoms with Gasteiger partial charge >= 0.3 is 0 Å². The van der Waals surface area contributed by atoms with Crippen molar-refractivity contribution in [2.45, 2.75) is 13.8 Å². The van der Waals surface area contributed by atoms with E-state index in [1.54, 1.807) is 24.3 Å². The topological polar surface area (TPSA) is 105 Å². The van der Waals surface area contributed by atoms with E-state index in [4.69, 9.17) is 4.74 Å². The molecule has 0 aliphatic carbocycles. The normalized spacial score (nSPS) is 11.0. The van der Waals surface area contributed by atoms with Crippen LogP contribution in [0.4, 0.5) is 11.4 Å². The van der Waals surface area contributed by atoms with Crippen LogP contribution in [0.5, 0.6) is 5.75 Å². The number of hydrogen-bond donors (Lipinski definition) is 1. The molecule has 2 rings (SSSR count). The van der Waals surface area contributed by atoms with E-state index in [1.165, 1.54) is 24.3 Å². The average molecular weight is 444 g/mol. The van der Waals surface area contributed by atoms with Crippen LogP contribution in [-0.4, -0.2) is 17.4 Å². The van der Waals surface area contributed by atoms with Crippen LogP contribution in [0.15, 0.2) is 52.5 Å². The van der Waals surface area contributed by atoms with Gasteiger partial charge in [-0.3, -0.25) is 14.9 Å². The van der Waals surface area contributed by atoms with Crippen LogP contribution in [0, 0.1) is 27.4 Å². The van der Waals surface area contributed by atoms with Gasteiger partial charge in [0.25, 0.3) is 11.6 Å². The monoisotopic (exact) mass is 443 g/mol. The third kappa shape index (κ3) is 5.93. The third-order valence-electron chi connectivity index (χ3n) is 3.55. The Morgan fingerprint density at radius 3 is 2.54 bits per heavy atom. The highest BCUT2D eigenvalue weighted by molar-refractivity contribution is 9.10. The van der Waals surface area contributed by atoms with Crippen molar-refractivity contribution >= 4 is 39.3 Å². The Balaban J connectivity index is 2.13. The van der Waals surface area contributed by atoms with Gasteiger partial charge in [0, 0.05) is 16.6 Å². The first-order valence-electron chi connectivity index (χ1n) is 8.40. The summed E-state index contributed by atoms with van der Waals surface area (Å²) in [5.41, 5.74) is 0.794. The maximum Gasteiger partial charge on any atom is 0.270 e. The van der Waals surface area contributed by atoms with Crippen molar-refractivity contribution in [1.29, 1.82) is 5.26 Å². The zero-order chi connectivity index (χ0) is 20.7. The summed E-state index contributed by atoms with van der Waals surface area (Å²) >= 11 is 3.18. The van der Waals surface area contributed by atoms with Gasteiger partial charge in [0.15, 0.2) is 0 Å². The molecule has 0 bridgehead atoms. The standard InChI is InChI=1S/C20H18BrN3O4/c1-13(2)12-28-17-6-3-14(4-7-17)9-15(11-22)20(25)23-19-8-5-16(24(26)27)10-18(19)21/h3-10,13H,12H2,1-2H3,(H,23,25). The number of nitro groups is 1. The number of hydrogen-bond acceptors (Lipinski definition) is 5. The molecule has 1 N–H and O–H groups in total. The van der Waals surface area contributed by atoms with Crippen LogP contribution in [0.25, 0.3) is 6.08 Å². The summed E-state index contributed by atoms with van der Waals surface area (Å²) in [6.07, 6.45) is 1.46. The summed E-state index contributed by atoms with van der Waals surface area (Å²) in [4.78, 5) is 22.6. The zero-order valence-electron chi connectivity index (χ0n) is 15.3. The maximum absolute atomic E-state index is 12.4. The molecule has 28 heavy (non-hydrogen) atoms. The summed E-state index contributed by atoms with van der Waals surface area (Å²) < 4.78 is 5.95. The maximum atomic E-state index is 12.4. The number of nitro benzene ring substituents is 1. The smallest absolute Gasteiger partial charge is 0.270 e. The Bertz CT molecular complexity index is 947.